The molecule has 1 saturated heterocycles. The average Bonchev–Trinajstić information content (AvgIpc) is 3.02. The molecule has 1 saturated carbocycles. The minimum Gasteiger partial charge on any atom is -0.489 e. The SMILES string of the molecule is O=C1/C(=C/c2ccc(OCc3ccc(Br)cc3)cc2)NC(=S)N1C1CCCCC1. The summed E-state index contributed by atoms with van der Waals surface area (Å²) in [6.45, 7) is 0.512. The molecule has 2 aromatic rings. The summed E-state index contributed by atoms with van der Waals surface area (Å²) >= 11 is 8.86. The first-order chi connectivity index (χ1) is 14.1. The van der Waals surface area contributed by atoms with E-state index in [1.807, 2.05) is 54.6 Å². The van der Waals surface area contributed by atoms with Gasteiger partial charge in [-0.25, -0.2) is 0 Å². The van der Waals surface area contributed by atoms with Crippen molar-refractivity contribution >= 4 is 45.2 Å². The molecule has 1 aliphatic heterocycles. The van der Waals surface area contributed by atoms with Gasteiger partial charge in [0.1, 0.15) is 18.1 Å². The van der Waals surface area contributed by atoms with Crippen LogP contribution in [0.15, 0.2) is 58.7 Å². The van der Waals surface area contributed by atoms with Crippen LogP contribution >= 0.6 is 28.1 Å². The highest BCUT2D eigenvalue weighted by atomic mass is 79.9. The van der Waals surface area contributed by atoms with Gasteiger partial charge in [-0.3, -0.25) is 9.69 Å². The van der Waals surface area contributed by atoms with Crippen LogP contribution < -0.4 is 10.1 Å². The number of nitrogens with zero attached hydrogens (tertiary/aromatic N) is 1. The van der Waals surface area contributed by atoms with Gasteiger partial charge in [-0.1, -0.05) is 59.5 Å². The van der Waals surface area contributed by atoms with Crippen LogP contribution in [-0.2, 0) is 11.4 Å². The Morgan fingerprint density at radius 3 is 2.45 bits per heavy atom. The van der Waals surface area contributed by atoms with Gasteiger partial charge in [-0.15, -0.1) is 0 Å². The standard InChI is InChI=1S/C23H23BrN2O2S/c24-18-10-6-17(7-11-18)15-28-20-12-8-16(9-13-20)14-21-22(27)26(23(29)25-21)19-4-2-1-3-5-19/h6-14,19H,1-5,15H2,(H,25,29)/b21-14-. The first kappa shape index (κ1) is 20.1. The monoisotopic (exact) mass is 470 g/mol. The molecule has 6 heteroatoms. The predicted molar refractivity (Wildman–Crippen MR) is 122 cm³/mol. The number of benzene rings is 2. The summed E-state index contributed by atoms with van der Waals surface area (Å²) in [6.07, 6.45) is 7.50. The number of nitrogens with one attached hydrogen (secondary N) is 1. The van der Waals surface area contributed by atoms with E-state index in [2.05, 4.69) is 21.2 Å². The van der Waals surface area contributed by atoms with Gasteiger partial charge >= 0.3 is 0 Å². The van der Waals surface area contributed by atoms with Crippen molar-refractivity contribution in [2.24, 2.45) is 0 Å². The lowest BCUT2D eigenvalue weighted by Crippen LogP contribution is -2.41. The molecule has 0 bridgehead atoms. The number of halogens is 1. The van der Waals surface area contributed by atoms with Crippen molar-refractivity contribution in [1.29, 1.82) is 0 Å². The molecule has 2 fully saturated rings. The molecule has 1 amide bonds. The van der Waals surface area contributed by atoms with Crippen LogP contribution in [0.3, 0.4) is 0 Å². The number of ether oxygens (including phenoxy) is 1. The molecule has 1 aliphatic carbocycles. The summed E-state index contributed by atoms with van der Waals surface area (Å²) < 4.78 is 6.90. The van der Waals surface area contributed by atoms with Crippen molar-refractivity contribution in [3.63, 3.8) is 0 Å². The van der Waals surface area contributed by atoms with Gasteiger partial charge in [-0.2, -0.15) is 0 Å². The van der Waals surface area contributed by atoms with Gasteiger partial charge < -0.3 is 10.1 Å². The minimum atomic E-state index is -0.0162. The molecule has 4 rings (SSSR count). The van der Waals surface area contributed by atoms with E-state index in [9.17, 15) is 4.79 Å². The van der Waals surface area contributed by atoms with Crippen LogP contribution in [0.5, 0.6) is 5.75 Å². The number of hydrogen-bond acceptors (Lipinski definition) is 3. The second kappa shape index (κ2) is 9.09. The van der Waals surface area contributed by atoms with Crippen molar-refractivity contribution in [3.8, 4) is 5.75 Å². The fourth-order valence-corrected chi connectivity index (χ4v) is 4.40. The first-order valence-corrected chi connectivity index (χ1v) is 11.1. The van der Waals surface area contributed by atoms with Crippen LogP contribution in [0.2, 0.25) is 0 Å². The van der Waals surface area contributed by atoms with E-state index in [1.54, 1.807) is 4.90 Å². The summed E-state index contributed by atoms with van der Waals surface area (Å²) in [5.74, 6) is 0.776. The molecular formula is C23H23BrN2O2S. The third-order valence-corrected chi connectivity index (χ3v) is 6.19. The third-order valence-electron chi connectivity index (χ3n) is 5.36. The predicted octanol–water partition coefficient (Wildman–Crippen LogP) is 5.42. The fourth-order valence-electron chi connectivity index (χ4n) is 3.79. The second-order valence-electron chi connectivity index (χ2n) is 7.44. The molecule has 0 radical (unpaired) electrons. The van der Waals surface area contributed by atoms with Crippen LogP contribution in [-0.4, -0.2) is 22.0 Å². The molecule has 1 N–H and O–H groups in total. The summed E-state index contributed by atoms with van der Waals surface area (Å²) in [5.41, 5.74) is 2.59. The molecule has 0 aromatic heterocycles. The number of hydrogen-bond donors (Lipinski definition) is 1. The molecule has 0 atom stereocenters. The zero-order chi connectivity index (χ0) is 20.2. The van der Waals surface area contributed by atoms with Gasteiger partial charge in [-0.05, 0) is 66.5 Å². The number of rotatable bonds is 5. The summed E-state index contributed by atoms with van der Waals surface area (Å²) in [4.78, 5) is 14.6. The largest absolute Gasteiger partial charge is 0.489 e. The maximum Gasteiger partial charge on any atom is 0.276 e. The fraction of sp³-hybridized carbons (Fsp3) is 0.304. The highest BCUT2D eigenvalue weighted by molar-refractivity contribution is 9.10. The van der Waals surface area contributed by atoms with E-state index in [-0.39, 0.29) is 11.9 Å². The third kappa shape index (κ3) is 4.87. The molecule has 150 valence electrons. The molecule has 0 spiro atoms. The van der Waals surface area contributed by atoms with Crippen LogP contribution in [0, 0.1) is 0 Å². The van der Waals surface area contributed by atoms with E-state index in [4.69, 9.17) is 17.0 Å². The number of thiocarbonyl (C=S) groups is 1. The molecule has 0 unspecified atom stereocenters. The molecular weight excluding hydrogens is 448 g/mol. The van der Waals surface area contributed by atoms with Gasteiger partial charge in [0.05, 0.1) is 0 Å². The Bertz CT molecular complexity index is 919. The Labute approximate surface area is 185 Å². The van der Waals surface area contributed by atoms with E-state index < -0.39 is 0 Å². The summed E-state index contributed by atoms with van der Waals surface area (Å²) in [5, 5.41) is 3.63. The number of carbonyl (C=O) groups excluding carboxylic acids is 1. The van der Waals surface area contributed by atoms with Crippen molar-refractivity contribution < 1.29 is 9.53 Å². The highest BCUT2D eigenvalue weighted by Crippen LogP contribution is 2.27. The van der Waals surface area contributed by atoms with E-state index >= 15 is 0 Å². The normalized spacial score (nSPS) is 18.9. The van der Waals surface area contributed by atoms with E-state index in [1.165, 1.54) is 6.42 Å². The maximum atomic E-state index is 12.8. The Kier molecular flexibility index (Phi) is 6.31. The van der Waals surface area contributed by atoms with Crippen LogP contribution in [0.4, 0.5) is 0 Å². The smallest absolute Gasteiger partial charge is 0.276 e. The molecule has 4 nitrogen and oxygen atoms in total. The lowest BCUT2D eigenvalue weighted by molar-refractivity contribution is -0.124. The second-order valence-corrected chi connectivity index (χ2v) is 8.74. The number of carbonyl (C=O) groups is 1. The number of amides is 1. The van der Waals surface area contributed by atoms with Crippen molar-refractivity contribution in [2.45, 2.75) is 44.8 Å². The van der Waals surface area contributed by atoms with Crippen LogP contribution in [0.25, 0.3) is 6.08 Å². The first-order valence-electron chi connectivity index (χ1n) is 9.94. The molecule has 1 heterocycles. The highest BCUT2D eigenvalue weighted by Gasteiger charge is 2.36. The Morgan fingerprint density at radius 1 is 1.07 bits per heavy atom. The van der Waals surface area contributed by atoms with Gasteiger partial charge in [0.15, 0.2) is 5.11 Å². The lowest BCUT2D eigenvalue weighted by atomic mass is 9.94. The van der Waals surface area contributed by atoms with Gasteiger partial charge in [0, 0.05) is 10.5 Å². The molecule has 29 heavy (non-hydrogen) atoms. The van der Waals surface area contributed by atoms with Gasteiger partial charge in [0.2, 0.25) is 0 Å². The molecule has 2 aliphatic rings. The topological polar surface area (TPSA) is 41.6 Å². The van der Waals surface area contributed by atoms with Crippen molar-refractivity contribution in [1.82, 2.24) is 10.2 Å². The maximum absolute atomic E-state index is 12.8. The Hall–Kier alpha value is -2.18. The molecule has 2 aromatic carbocycles. The van der Waals surface area contributed by atoms with E-state index in [0.29, 0.717) is 17.4 Å². The minimum absolute atomic E-state index is 0.0162. The summed E-state index contributed by atoms with van der Waals surface area (Å²) in [6, 6.07) is 16.0. The van der Waals surface area contributed by atoms with Gasteiger partial charge in [0.25, 0.3) is 5.91 Å². The Balaban J connectivity index is 1.39. The zero-order valence-electron chi connectivity index (χ0n) is 16.1. The van der Waals surface area contributed by atoms with Crippen molar-refractivity contribution in [2.75, 3.05) is 0 Å². The quantitative estimate of drug-likeness (QED) is 0.467. The van der Waals surface area contributed by atoms with Crippen LogP contribution in [0.1, 0.15) is 43.2 Å². The van der Waals surface area contributed by atoms with E-state index in [0.717, 1.165) is 47.0 Å². The Morgan fingerprint density at radius 2 is 1.76 bits per heavy atom. The summed E-state index contributed by atoms with van der Waals surface area (Å²) in [7, 11) is 0. The lowest BCUT2D eigenvalue weighted by Gasteiger charge is -2.29. The average molecular weight is 471 g/mol. The van der Waals surface area contributed by atoms with Crippen molar-refractivity contribution in [3.05, 3.63) is 69.8 Å². The zero-order valence-corrected chi connectivity index (χ0v) is 18.5.